The highest BCUT2D eigenvalue weighted by molar-refractivity contribution is 8.00. The lowest BCUT2D eigenvalue weighted by atomic mass is 9.93. The average Bonchev–Trinajstić information content (AvgIpc) is 2.87. The molecule has 1 aliphatic carbocycles. The van der Waals surface area contributed by atoms with Crippen LogP contribution in [0.15, 0.2) is 40.6 Å². The first kappa shape index (κ1) is 16.5. The second kappa shape index (κ2) is 7.42. The maximum Gasteiger partial charge on any atom is 0.240 e. The molecule has 0 spiro atoms. The zero-order valence-corrected chi connectivity index (χ0v) is 13.1. The number of allylic oxidation sites excluding steroid dienone is 3. The normalized spacial score (nSPS) is 20.6. The van der Waals surface area contributed by atoms with Crippen LogP contribution in [-0.2, 0) is 9.59 Å². The molecule has 2 rings (SSSR count). The summed E-state index contributed by atoms with van der Waals surface area (Å²) in [6.07, 6.45) is 7.95. The third-order valence-electron chi connectivity index (χ3n) is 3.33. The summed E-state index contributed by atoms with van der Waals surface area (Å²) in [5.41, 5.74) is 8.11. The summed E-state index contributed by atoms with van der Waals surface area (Å²) >= 11 is 1.61. The Morgan fingerprint density at radius 3 is 2.95 bits per heavy atom. The van der Waals surface area contributed by atoms with Crippen molar-refractivity contribution in [3.8, 4) is 0 Å². The summed E-state index contributed by atoms with van der Waals surface area (Å²) in [5.74, 6) is -0.230. The van der Waals surface area contributed by atoms with E-state index in [0.717, 1.165) is 16.9 Å². The van der Waals surface area contributed by atoms with Crippen LogP contribution >= 0.6 is 11.8 Å². The first-order valence-electron chi connectivity index (χ1n) is 6.97. The number of amides is 2. The first-order valence-corrected chi connectivity index (χ1v) is 8.02. The molecule has 2 unspecified atom stereocenters. The van der Waals surface area contributed by atoms with Crippen molar-refractivity contribution in [3.05, 3.63) is 35.6 Å². The van der Waals surface area contributed by atoms with E-state index in [1.165, 1.54) is 6.92 Å². The summed E-state index contributed by atoms with van der Waals surface area (Å²) in [7, 11) is 0. The Morgan fingerprint density at radius 2 is 2.32 bits per heavy atom. The van der Waals surface area contributed by atoms with Crippen molar-refractivity contribution < 1.29 is 14.7 Å². The predicted octanol–water partition coefficient (Wildman–Crippen LogP) is 0.295. The summed E-state index contributed by atoms with van der Waals surface area (Å²) in [5, 5.41) is 11.6. The molecule has 4 N–H and O–H groups in total. The summed E-state index contributed by atoms with van der Waals surface area (Å²) in [4.78, 5) is 27.1. The van der Waals surface area contributed by atoms with Gasteiger partial charge in [-0.25, -0.2) is 0 Å². The molecule has 1 aliphatic heterocycles. The third-order valence-corrected chi connectivity index (χ3v) is 4.49. The van der Waals surface area contributed by atoms with Gasteiger partial charge in [0, 0.05) is 30.9 Å². The Bertz CT molecular complexity index is 593. The van der Waals surface area contributed by atoms with Gasteiger partial charge in [0.1, 0.15) is 6.04 Å². The fourth-order valence-electron chi connectivity index (χ4n) is 2.38. The fourth-order valence-corrected chi connectivity index (χ4v) is 3.29. The van der Waals surface area contributed by atoms with Crippen LogP contribution in [0.2, 0.25) is 0 Å². The standard InChI is InChI=1S/C15H19N3O3S/c1-9(20)18-12(15(16)21)7-10-8-17-14-11(10)3-2-4-13(14)22-6-5-19/h2-4,8,12-13,19H,5-7H2,1H3,(H2,16,21)(H,18,20). The van der Waals surface area contributed by atoms with Crippen LogP contribution in [0.25, 0.3) is 0 Å². The van der Waals surface area contributed by atoms with Crippen molar-refractivity contribution in [1.29, 1.82) is 0 Å². The van der Waals surface area contributed by atoms with E-state index in [4.69, 9.17) is 10.8 Å². The van der Waals surface area contributed by atoms with Gasteiger partial charge in [0.15, 0.2) is 0 Å². The number of primary amides is 1. The van der Waals surface area contributed by atoms with Gasteiger partial charge in [0.2, 0.25) is 11.8 Å². The Morgan fingerprint density at radius 1 is 1.55 bits per heavy atom. The molecule has 0 saturated heterocycles. The van der Waals surface area contributed by atoms with Gasteiger partial charge in [-0.1, -0.05) is 18.2 Å². The second-order valence-corrected chi connectivity index (χ2v) is 6.26. The molecule has 2 amide bonds. The topological polar surface area (TPSA) is 105 Å². The molecule has 0 bridgehead atoms. The van der Waals surface area contributed by atoms with Crippen LogP contribution < -0.4 is 11.1 Å². The highest BCUT2D eigenvalue weighted by Gasteiger charge is 2.28. The largest absolute Gasteiger partial charge is 0.396 e. The van der Waals surface area contributed by atoms with E-state index in [0.29, 0.717) is 12.2 Å². The number of nitrogens with one attached hydrogen (secondary N) is 1. The number of hydrogen-bond donors (Lipinski definition) is 3. The zero-order valence-electron chi connectivity index (χ0n) is 12.3. The molecule has 118 valence electrons. The van der Waals surface area contributed by atoms with Crippen molar-refractivity contribution in [3.63, 3.8) is 0 Å². The van der Waals surface area contributed by atoms with E-state index in [2.05, 4.69) is 10.3 Å². The lowest BCUT2D eigenvalue weighted by molar-refractivity contribution is -0.126. The van der Waals surface area contributed by atoms with Crippen LogP contribution in [0.1, 0.15) is 13.3 Å². The van der Waals surface area contributed by atoms with Gasteiger partial charge in [-0.15, -0.1) is 11.8 Å². The number of carbonyl (C=O) groups excluding carboxylic acids is 2. The number of rotatable bonds is 7. The van der Waals surface area contributed by atoms with Crippen molar-refractivity contribution in [2.45, 2.75) is 24.6 Å². The molecule has 1 heterocycles. The SMILES string of the molecule is CC(=O)NC(CC1=CN=C2C1=CC=CC2SCCO)C(N)=O. The van der Waals surface area contributed by atoms with Crippen LogP contribution in [0.3, 0.4) is 0 Å². The fraction of sp³-hybridized carbons (Fsp3) is 0.400. The number of aliphatic imine (C=N–C) groups is 1. The van der Waals surface area contributed by atoms with Gasteiger partial charge in [-0.3, -0.25) is 14.6 Å². The number of fused-ring (bicyclic) bond motifs is 1. The van der Waals surface area contributed by atoms with Crippen LogP contribution in [0, 0.1) is 0 Å². The second-order valence-electron chi connectivity index (χ2n) is 5.01. The highest BCUT2D eigenvalue weighted by atomic mass is 32.2. The van der Waals surface area contributed by atoms with Gasteiger partial charge in [0.05, 0.1) is 17.6 Å². The quantitative estimate of drug-likeness (QED) is 0.627. The van der Waals surface area contributed by atoms with Crippen molar-refractivity contribution in [2.75, 3.05) is 12.4 Å². The molecule has 0 saturated carbocycles. The number of hydrogen-bond acceptors (Lipinski definition) is 5. The molecule has 2 aliphatic rings. The molecule has 0 radical (unpaired) electrons. The maximum absolute atomic E-state index is 11.5. The van der Waals surface area contributed by atoms with E-state index in [1.807, 2.05) is 18.2 Å². The third kappa shape index (κ3) is 3.86. The highest BCUT2D eigenvalue weighted by Crippen LogP contribution is 2.32. The molecule has 0 aromatic rings. The molecule has 2 atom stereocenters. The predicted molar refractivity (Wildman–Crippen MR) is 87.5 cm³/mol. The van der Waals surface area contributed by atoms with Crippen molar-refractivity contribution in [2.24, 2.45) is 10.7 Å². The van der Waals surface area contributed by atoms with E-state index in [9.17, 15) is 9.59 Å². The summed E-state index contributed by atoms with van der Waals surface area (Å²) < 4.78 is 0. The molecule has 22 heavy (non-hydrogen) atoms. The molecule has 0 aromatic heterocycles. The molecule has 0 aromatic carbocycles. The smallest absolute Gasteiger partial charge is 0.240 e. The van der Waals surface area contributed by atoms with Gasteiger partial charge >= 0.3 is 0 Å². The Balaban J connectivity index is 2.07. The molecule has 0 fully saturated rings. The van der Waals surface area contributed by atoms with Crippen molar-refractivity contribution >= 4 is 29.3 Å². The minimum atomic E-state index is -0.742. The van der Waals surface area contributed by atoms with E-state index in [1.54, 1.807) is 18.0 Å². The minimum absolute atomic E-state index is 0.0914. The first-order chi connectivity index (χ1) is 10.5. The monoisotopic (exact) mass is 321 g/mol. The number of carbonyl (C=O) groups is 2. The lowest BCUT2D eigenvalue weighted by Gasteiger charge is -2.20. The number of nitrogens with zero attached hydrogens (tertiary/aromatic N) is 1. The van der Waals surface area contributed by atoms with Gasteiger partial charge in [0.25, 0.3) is 0 Å². The minimum Gasteiger partial charge on any atom is -0.396 e. The Kier molecular flexibility index (Phi) is 5.57. The molecular weight excluding hydrogens is 302 g/mol. The summed E-state index contributed by atoms with van der Waals surface area (Å²) in [6, 6.07) is -0.742. The number of thioether (sulfide) groups is 1. The van der Waals surface area contributed by atoms with E-state index < -0.39 is 11.9 Å². The molecular formula is C15H19N3O3S. The van der Waals surface area contributed by atoms with Crippen LogP contribution in [-0.4, -0.2) is 46.3 Å². The van der Waals surface area contributed by atoms with Crippen LogP contribution in [0.4, 0.5) is 0 Å². The van der Waals surface area contributed by atoms with E-state index >= 15 is 0 Å². The number of aliphatic hydroxyl groups is 1. The van der Waals surface area contributed by atoms with Gasteiger partial charge < -0.3 is 16.2 Å². The Hall–Kier alpha value is -1.86. The van der Waals surface area contributed by atoms with Gasteiger partial charge in [-0.05, 0) is 5.57 Å². The molecule has 7 heteroatoms. The van der Waals surface area contributed by atoms with E-state index in [-0.39, 0.29) is 17.8 Å². The number of nitrogens with two attached hydrogens (primary N) is 1. The number of aliphatic hydroxyl groups excluding tert-OH is 1. The zero-order chi connectivity index (χ0) is 16.1. The average molecular weight is 321 g/mol. The van der Waals surface area contributed by atoms with Crippen molar-refractivity contribution in [1.82, 2.24) is 5.32 Å². The maximum atomic E-state index is 11.5. The molecule has 6 nitrogen and oxygen atoms in total. The summed E-state index contributed by atoms with van der Waals surface area (Å²) in [6.45, 7) is 1.47. The Labute approximate surface area is 133 Å². The van der Waals surface area contributed by atoms with Gasteiger partial charge in [-0.2, -0.15) is 0 Å². The lowest BCUT2D eigenvalue weighted by Crippen LogP contribution is -2.43. The van der Waals surface area contributed by atoms with Crippen LogP contribution in [0.5, 0.6) is 0 Å².